The summed E-state index contributed by atoms with van der Waals surface area (Å²) in [6.07, 6.45) is 1.16. The number of aryl methyl sites for hydroxylation is 1. The molecule has 2 aromatic heterocycles. The number of halogens is 1. The van der Waals surface area contributed by atoms with Gasteiger partial charge in [0, 0.05) is 17.7 Å². The standard InChI is InChI=1S/C22H21FN4O2S2/c1-3-16-13(2)24-22(25-21(16)29)31-12-20(28)27-18(14-6-8-15(23)9-7-14)11-17(26-27)19-5-4-10-30-19/h4-10,18H,3,11-12H2,1-2H3,(H,24,25,29)/t18-/m1/s1. The molecule has 0 bridgehead atoms. The number of nitrogens with one attached hydrogen (secondary N) is 1. The van der Waals surface area contributed by atoms with Crippen LogP contribution >= 0.6 is 23.1 Å². The van der Waals surface area contributed by atoms with Crippen LogP contribution in [-0.4, -0.2) is 32.3 Å². The molecule has 1 aliphatic rings. The van der Waals surface area contributed by atoms with Crippen LogP contribution in [0.4, 0.5) is 4.39 Å². The zero-order valence-electron chi connectivity index (χ0n) is 17.1. The largest absolute Gasteiger partial charge is 0.301 e. The van der Waals surface area contributed by atoms with Gasteiger partial charge in [-0.25, -0.2) is 14.4 Å². The number of thiophene rings is 1. The van der Waals surface area contributed by atoms with Gasteiger partial charge in [-0.3, -0.25) is 9.59 Å². The Labute approximate surface area is 187 Å². The van der Waals surface area contributed by atoms with E-state index in [4.69, 9.17) is 0 Å². The van der Waals surface area contributed by atoms with Gasteiger partial charge in [-0.05, 0) is 42.5 Å². The number of H-pyrrole nitrogens is 1. The summed E-state index contributed by atoms with van der Waals surface area (Å²) in [6.45, 7) is 3.70. The lowest BCUT2D eigenvalue weighted by Crippen LogP contribution is -2.29. The molecule has 1 aromatic carbocycles. The summed E-state index contributed by atoms with van der Waals surface area (Å²) in [7, 11) is 0. The van der Waals surface area contributed by atoms with E-state index in [1.165, 1.54) is 28.9 Å². The van der Waals surface area contributed by atoms with Crippen LogP contribution in [0.2, 0.25) is 0 Å². The van der Waals surface area contributed by atoms with E-state index in [1.807, 2.05) is 24.4 Å². The molecule has 1 atom stereocenters. The van der Waals surface area contributed by atoms with E-state index in [-0.39, 0.29) is 29.1 Å². The van der Waals surface area contributed by atoms with E-state index in [9.17, 15) is 14.0 Å². The summed E-state index contributed by atoms with van der Waals surface area (Å²) < 4.78 is 13.4. The number of aromatic nitrogens is 2. The first-order valence-corrected chi connectivity index (χ1v) is 11.7. The third-order valence-electron chi connectivity index (χ3n) is 5.11. The van der Waals surface area contributed by atoms with Crippen molar-refractivity contribution in [3.63, 3.8) is 0 Å². The Morgan fingerprint density at radius 1 is 1.32 bits per heavy atom. The highest BCUT2D eigenvalue weighted by Gasteiger charge is 2.33. The van der Waals surface area contributed by atoms with Crippen molar-refractivity contribution < 1.29 is 9.18 Å². The van der Waals surface area contributed by atoms with Gasteiger partial charge in [-0.2, -0.15) is 5.10 Å². The number of carbonyl (C=O) groups excluding carboxylic acids is 1. The van der Waals surface area contributed by atoms with Crippen LogP contribution in [0.5, 0.6) is 0 Å². The van der Waals surface area contributed by atoms with Crippen molar-refractivity contribution in [1.82, 2.24) is 15.0 Å². The van der Waals surface area contributed by atoms with Crippen LogP contribution in [0.3, 0.4) is 0 Å². The molecule has 0 saturated heterocycles. The van der Waals surface area contributed by atoms with Crippen molar-refractivity contribution in [3.8, 4) is 0 Å². The number of aromatic amines is 1. The summed E-state index contributed by atoms with van der Waals surface area (Å²) in [5.41, 5.74) is 2.80. The first-order valence-electron chi connectivity index (χ1n) is 9.87. The molecular formula is C22H21FN4O2S2. The number of nitrogens with zero attached hydrogens (tertiary/aromatic N) is 3. The average molecular weight is 457 g/mol. The predicted molar refractivity (Wildman–Crippen MR) is 121 cm³/mol. The van der Waals surface area contributed by atoms with Crippen molar-refractivity contribution in [3.05, 3.63) is 79.6 Å². The second-order valence-corrected chi connectivity index (χ2v) is 9.02. The van der Waals surface area contributed by atoms with Crippen molar-refractivity contribution in [1.29, 1.82) is 0 Å². The second-order valence-electron chi connectivity index (χ2n) is 7.11. The first-order chi connectivity index (χ1) is 15.0. The predicted octanol–water partition coefficient (Wildman–Crippen LogP) is 4.31. The molecule has 9 heteroatoms. The summed E-state index contributed by atoms with van der Waals surface area (Å²) in [6, 6.07) is 9.77. The Morgan fingerprint density at radius 3 is 2.74 bits per heavy atom. The van der Waals surface area contributed by atoms with Gasteiger partial charge in [0.05, 0.1) is 22.4 Å². The number of hydrazone groups is 1. The van der Waals surface area contributed by atoms with Crippen LogP contribution in [0.25, 0.3) is 0 Å². The lowest BCUT2D eigenvalue weighted by molar-refractivity contribution is -0.130. The van der Waals surface area contributed by atoms with Gasteiger partial charge in [-0.1, -0.05) is 36.9 Å². The quantitative estimate of drug-likeness (QED) is 0.443. The van der Waals surface area contributed by atoms with Crippen molar-refractivity contribution >= 4 is 34.7 Å². The van der Waals surface area contributed by atoms with E-state index in [0.29, 0.717) is 29.3 Å². The lowest BCUT2D eigenvalue weighted by atomic mass is 10.0. The number of carbonyl (C=O) groups is 1. The maximum atomic E-state index is 13.4. The molecule has 0 aliphatic carbocycles. The Hall–Kier alpha value is -2.78. The highest BCUT2D eigenvalue weighted by atomic mass is 32.2. The number of hydrogen-bond acceptors (Lipinski definition) is 6. The smallest absolute Gasteiger partial charge is 0.254 e. The zero-order chi connectivity index (χ0) is 22.0. The molecule has 0 radical (unpaired) electrons. The molecule has 6 nitrogen and oxygen atoms in total. The fourth-order valence-corrected chi connectivity index (χ4v) is 5.02. The van der Waals surface area contributed by atoms with Crippen molar-refractivity contribution in [2.24, 2.45) is 5.10 Å². The summed E-state index contributed by atoms with van der Waals surface area (Å²) in [5.74, 6) is -0.450. The Morgan fingerprint density at radius 2 is 2.10 bits per heavy atom. The van der Waals surface area contributed by atoms with Gasteiger partial charge >= 0.3 is 0 Å². The topological polar surface area (TPSA) is 78.4 Å². The van der Waals surface area contributed by atoms with Gasteiger partial charge < -0.3 is 4.98 Å². The number of amides is 1. The minimum atomic E-state index is -0.324. The zero-order valence-corrected chi connectivity index (χ0v) is 18.7. The highest BCUT2D eigenvalue weighted by Crippen LogP contribution is 2.34. The number of benzene rings is 1. The van der Waals surface area contributed by atoms with Crippen molar-refractivity contribution in [2.45, 2.75) is 37.9 Å². The van der Waals surface area contributed by atoms with Gasteiger partial charge in [0.1, 0.15) is 5.82 Å². The molecule has 3 heterocycles. The van der Waals surface area contributed by atoms with Crippen LogP contribution in [0.1, 0.15) is 41.1 Å². The average Bonchev–Trinajstić information content (AvgIpc) is 3.42. The molecule has 1 aliphatic heterocycles. The number of hydrogen-bond donors (Lipinski definition) is 1. The summed E-state index contributed by atoms with van der Waals surface area (Å²) >= 11 is 2.74. The molecule has 160 valence electrons. The SMILES string of the molecule is CCc1c(C)nc(SCC(=O)N2N=C(c3cccs3)C[C@@H]2c2ccc(F)cc2)[nH]c1=O. The van der Waals surface area contributed by atoms with E-state index >= 15 is 0 Å². The van der Waals surface area contributed by atoms with E-state index in [2.05, 4.69) is 15.1 Å². The molecule has 0 saturated carbocycles. The molecule has 3 aromatic rings. The van der Waals surface area contributed by atoms with E-state index in [0.717, 1.165) is 16.2 Å². The van der Waals surface area contributed by atoms with Crippen LogP contribution < -0.4 is 5.56 Å². The Balaban J connectivity index is 1.56. The molecule has 0 unspecified atom stereocenters. The van der Waals surface area contributed by atoms with Gasteiger partial charge in [0.2, 0.25) is 0 Å². The van der Waals surface area contributed by atoms with Gasteiger partial charge in [0.15, 0.2) is 5.16 Å². The fraction of sp³-hybridized carbons (Fsp3) is 0.273. The van der Waals surface area contributed by atoms with Gasteiger partial charge in [-0.15, -0.1) is 11.3 Å². The molecular weight excluding hydrogens is 435 g/mol. The minimum absolute atomic E-state index is 0.0762. The van der Waals surface area contributed by atoms with E-state index < -0.39 is 0 Å². The molecule has 31 heavy (non-hydrogen) atoms. The first kappa shape index (κ1) is 21.5. The van der Waals surface area contributed by atoms with Crippen molar-refractivity contribution in [2.75, 3.05) is 5.75 Å². The number of thioether (sulfide) groups is 1. The van der Waals surface area contributed by atoms with Crippen LogP contribution in [0.15, 0.2) is 56.8 Å². The Bertz CT molecular complexity index is 1170. The summed E-state index contributed by atoms with van der Waals surface area (Å²) in [5, 5.41) is 8.45. The maximum Gasteiger partial charge on any atom is 0.254 e. The van der Waals surface area contributed by atoms with E-state index in [1.54, 1.807) is 30.4 Å². The molecule has 1 N–H and O–H groups in total. The third-order valence-corrected chi connectivity index (χ3v) is 6.89. The van der Waals surface area contributed by atoms with Crippen LogP contribution in [0, 0.1) is 12.7 Å². The minimum Gasteiger partial charge on any atom is -0.301 e. The summed E-state index contributed by atoms with van der Waals surface area (Å²) in [4.78, 5) is 33.4. The highest BCUT2D eigenvalue weighted by molar-refractivity contribution is 7.99. The maximum absolute atomic E-state index is 13.4. The van der Waals surface area contributed by atoms with Crippen LogP contribution in [-0.2, 0) is 11.2 Å². The molecule has 1 amide bonds. The molecule has 4 rings (SSSR count). The fourth-order valence-electron chi connectivity index (χ4n) is 3.54. The number of rotatable bonds is 6. The Kier molecular flexibility index (Phi) is 6.33. The second kappa shape index (κ2) is 9.15. The molecule has 0 spiro atoms. The third kappa shape index (κ3) is 4.62. The lowest BCUT2D eigenvalue weighted by Gasteiger charge is -2.22. The molecule has 0 fully saturated rings. The normalized spacial score (nSPS) is 15.9. The van der Waals surface area contributed by atoms with Gasteiger partial charge in [0.25, 0.3) is 11.5 Å². The monoisotopic (exact) mass is 456 g/mol.